The first-order valence-corrected chi connectivity index (χ1v) is 10.4. The number of hydrogen-bond acceptors (Lipinski definition) is 2. The highest BCUT2D eigenvalue weighted by atomic mass is 19.1. The predicted molar refractivity (Wildman–Crippen MR) is 120 cm³/mol. The standard InChI is InChI=1S/C25H24FN3O2/c26-20-13-11-19(12-14-20)25(15-4-5-16-25)29-24(31)28-22-10-6-9-21(17-22)27-23(30)18-7-2-1-3-8-18/h1-3,6-14,17H,4-5,15-16H2,(H,27,30)(H2,28,29,31). The van der Waals surface area contributed by atoms with Crippen LogP contribution in [-0.4, -0.2) is 11.9 Å². The van der Waals surface area contributed by atoms with Crippen molar-refractivity contribution in [1.82, 2.24) is 5.32 Å². The van der Waals surface area contributed by atoms with Crippen LogP contribution in [0, 0.1) is 5.82 Å². The number of halogens is 1. The van der Waals surface area contributed by atoms with Crippen molar-refractivity contribution in [3.05, 3.63) is 95.8 Å². The minimum atomic E-state index is -0.503. The van der Waals surface area contributed by atoms with Gasteiger partial charge in [0.15, 0.2) is 0 Å². The van der Waals surface area contributed by atoms with Crippen LogP contribution in [0.1, 0.15) is 41.6 Å². The molecule has 0 unspecified atom stereocenters. The number of amides is 3. The van der Waals surface area contributed by atoms with E-state index in [0.717, 1.165) is 31.2 Å². The smallest absolute Gasteiger partial charge is 0.319 e. The molecule has 3 aromatic rings. The second-order valence-electron chi connectivity index (χ2n) is 7.78. The van der Waals surface area contributed by atoms with Crippen molar-refractivity contribution >= 4 is 23.3 Å². The molecule has 0 saturated heterocycles. The Hall–Kier alpha value is -3.67. The number of nitrogens with one attached hydrogen (secondary N) is 3. The Kier molecular flexibility index (Phi) is 5.98. The Bertz CT molecular complexity index is 1060. The molecule has 0 heterocycles. The predicted octanol–water partition coefficient (Wildman–Crippen LogP) is 5.67. The summed E-state index contributed by atoms with van der Waals surface area (Å²) in [5, 5.41) is 8.79. The van der Waals surface area contributed by atoms with Crippen molar-refractivity contribution in [2.75, 3.05) is 10.6 Å². The van der Waals surface area contributed by atoms with Crippen LogP contribution in [0.25, 0.3) is 0 Å². The zero-order chi connectivity index (χ0) is 21.7. The van der Waals surface area contributed by atoms with Crippen LogP contribution in [0.3, 0.4) is 0 Å². The van der Waals surface area contributed by atoms with E-state index in [1.165, 1.54) is 12.1 Å². The molecule has 0 bridgehead atoms. The number of benzene rings is 3. The van der Waals surface area contributed by atoms with Crippen LogP contribution in [0.15, 0.2) is 78.9 Å². The van der Waals surface area contributed by atoms with Gasteiger partial charge in [-0.2, -0.15) is 0 Å². The lowest BCUT2D eigenvalue weighted by Gasteiger charge is -2.31. The summed E-state index contributed by atoms with van der Waals surface area (Å²) in [6.07, 6.45) is 3.61. The molecule has 4 rings (SSSR count). The minimum Gasteiger partial charge on any atom is -0.328 e. The average Bonchev–Trinajstić information content (AvgIpc) is 3.24. The lowest BCUT2D eigenvalue weighted by Crippen LogP contribution is -2.45. The van der Waals surface area contributed by atoms with E-state index in [1.807, 2.05) is 6.07 Å². The molecule has 0 radical (unpaired) electrons. The molecule has 0 atom stereocenters. The fourth-order valence-electron chi connectivity index (χ4n) is 4.08. The second kappa shape index (κ2) is 9.00. The Morgan fingerprint density at radius 1 is 0.774 bits per heavy atom. The SMILES string of the molecule is O=C(Nc1cccc(NC(=O)c2ccccc2)c1)NC1(c2ccc(F)cc2)CCCC1. The summed E-state index contributed by atoms with van der Waals surface area (Å²) < 4.78 is 13.4. The van der Waals surface area contributed by atoms with Gasteiger partial charge in [-0.3, -0.25) is 4.79 Å². The largest absolute Gasteiger partial charge is 0.328 e. The second-order valence-corrected chi connectivity index (χ2v) is 7.78. The molecule has 0 aliphatic heterocycles. The van der Waals surface area contributed by atoms with Gasteiger partial charge in [-0.1, -0.05) is 49.2 Å². The Labute approximate surface area is 180 Å². The molecule has 1 aliphatic rings. The molecule has 31 heavy (non-hydrogen) atoms. The summed E-state index contributed by atoms with van der Waals surface area (Å²) in [5.41, 5.74) is 2.11. The van der Waals surface area contributed by atoms with Gasteiger partial charge >= 0.3 is 6.03 Å². The van der Waals surface area contributed by atoms with Gasteiger partial charge in [0, 0.05) is 16.9 Å². The van der Waals surface area contributed by atoms with Crippen LogP contribution in [0.2, 0.25) is 0 Å². The highest BCUT2D eigenvalue weighted by Gasteiger charge is 2.37. The van der Waals surface area contributed by atoms with Crippen LogP contribution in [0.5, 0.6) is 0 Å². The maximum absolute atomic E-state index is 13.4. The van der Waals surface area contributed by atoms with Crippen LogP contribution < -0.4 is 16.0 Å². The van der Waals surface area contributed by atoms with Crippen molar-refractivity contribution in [2.45, 2.75) is 31.2 Å². The number of urea groups is 1. The van der Waals surface area contributed by atoms with Gasteiger partial charge in [-0.25, -0.2) is 9.18 Å². The Balaban J connectivity index is 1.44. The zero-order valence-electron chi connectivity index (χ0n) is 17.0. The number of anilines is 2. The normalized spacial score (nSPS) is 14.6. The van der Waals surface area contributed by atoms with Crippen LogP contribution in [0.4, 0.5) is 20.6 Å². The summed E-state index contributed by atoms with van der Waals surface area (Å²) in [6, 6.07) is 21.9. The first-order valence-electron chi connectivity index (χ1n) is 10.4. The molecule has 1 aliphatic carbocycles. The summed E-state index contributed by atoms with van der Waals surface area (Å²) >= 11 is 0. The number of rotatable bonds is 5. The molecule has 5 nitrogen and oxygen atoms in total. The van der Waals surface area contributed by atoms with Crippen molar-refractivity contribution in [1.29, 1.82) is 0 Å². The fourth-order valence-corrected chi connectivity index (χ4v) is 4.08. The topological polar surface area (TPSA) is 70.2 Å². The molecule has 158 valence electrons. The quantitative estimate of drug-likeness (QED) is 0.501. The van der Waals surface area contributed by atoms with Crippen molar-refractivity contribution < 1.29 is 14.0 Å². The fraction of sp³-hybridized carbons (Fsp3) is 0.200. The van der Waals surface area contributed by atoms with Gasteiger partial charge < -0.3 is 16.0 Å². The van der Waals surface area contributed by atoms with Gasteiger partial charge in [0.25, 0.3) is 5.91 Å². The van der Waals surface area contributed by atoms with Crippen molar-refractivity contribution in [3.8, 4) is 0 Å². The molecule has 6 heteroatoms. The summed E-state index contributed by atoms with van der Waals surface area (Å²) in [7, 11) is 0. The summed E-state index contributed by atoms with van der Waals surface area (Å²) in [6.45, 7) is 0. The molecule has 0 spiro atoms. The van der Waals surface area contributed by atoms with Gasteiger partial charge in [-0.05, 0) is 60.9 Å². The van der Waals surface area contributed by atoms with E-state index < -0.39 is 5.54 Å². The Morgan fingerprint density at radius 2 is 1.42 bits per heavy atom. The third-order valence-corrected chi connectivity index (χ3v) is 5.62. The molecule has 1 saturated carbocycles. The van der Waals surface area contributed by atoms with E-state index in [-0.39, 0.29) is 17.8 Å². The molecule has 3 amide bonds. The number of carbonyl (C=O) groups excluding carboxylic acids is 2. The van der Waals surface area contributed by atoms with Gasteiger partial charge in [0.1, 0.15) is 5.82 Å². The zero-order valence-corrected chi connectivity index (χ0v) is 17.0. The van der Waals surface area contributed by atoms with E-state index in [1.54, 1.807) is 60.7 Å². The summed E-state index contributed by atoms with van der Waals surface area (Å²) in [5.74, 6) is -0.515. The molecule has 1 fully saturated rings. The maximum atomic E-state index is 13.4. The van der Waals surface area contributed by atoms with E-state index in [9.17, 15) is 14.0 Å². The lowest BCUT2D eigenvalue weighted by atomic mass is 9.88. The van der Waals surface area contributed by atoms with Gasteiger partial charge in [-0.15, -0.1) is 0 Å². The molecule has 3 aromatic carbocycles. The highest BCUT2D eigenvalue weighted by molar-refractivity contribution is 6.04. The first kappa shape index (κ1) is 20.6. The van der Waals surface area contributed by atoms with Crippen LogP contribution >= 0.6 is 0 Å². The van der Waals surface area contributed by atoms with Crippen LogP contribution in [-0.2, 0) is 5.54 Å². The average molecular weight is 417 g/mol. The van der Waals surface area contributed by atoms with Crippen molar-refractivity contribution in [2.24, 2.45) is 0 Å². The number of carbonyl (C=O) groups is 2. The minimum absolute atomic E-state index is 0.219. The van der Waals surface area contributed by atoms with Crippen molar-refractivity contribution in [3.63, 3.8) is 0 Å². The lowest BCUT2D eigenvalue weighted by molar-refractivity contribution is 0.102. The first-order chi connectivity index (χ1) is 15.0. The maximum Gasteiger partial charge on any atom is 0.319 e. The van der Waals surface area contributed by atoms with E-state index >= 15 is 0 Å². The van der Waals surface area contributed by atoms with E-state index in [0.29, 0.717) is 16.9 Å². The summed E-state index contributed by atoms with van der Waals surface area (Å²) in [4.78, 5) is 25.1. The Morgan fingerprint density at radius 3 is 2.10 bits per heavy atom. The highest BCUT2D eigenvalue weighted by Crippen LogP contribution is 2.38. The monoisotopic (exact) mass is 417 g/mol. The third kappa shape index (κ3) is 4.91. The molecule has 3 N–H and O–H groups in total. The van der Waals surface area contributed by atoms with Gasteiger partial charge in [0.05, 0.1) is 5.54 Å². The number of hydrogen-bond donors (Lipinski definition) is 3. The molecular weight excluding hydrogens is 393 g/mol. The van der Waals surface area contributed by atoms with E-state index in [4.69, 9.17) is 0 Å². The van der Waals surface area contributed by atoms with Gasteiger partial charge in [0.2, 0.25) is 0 Å². The van der Waals surface area contributed by atoms with E-state index in [2.05, 4.69) is 16.0 Å². The molecular formula is C25H24FN3O2. The third-order valence-electron chi connectivity index (χ3n) is 5.62. The molecule has 0 aromatic heterocycles.